The number of aliphatic hydroxyl groups excluding tert-OH is 2. The molecule has 0 atom stereocenters. The van der Waals surface area contributed by atoms with E-state index in [0.29, 0.717) is 51.7 Å². The molecule has 0 aromatic heterocycles. The Balaban J connectivity index is 1.96. The van der Waals surface area contributed by atoms with Crippen LogP contribution in [0.2, 0.25) is 0 Å². The molecule has 29 heavy (non-hydrogen) atoms. The predicted octanol–water partition coefficient (Wildman–Crippen LogP) is 4.55. The minimum absolute atomic E-state index is 0.0414. The van der Waals surface area contributed by atoms with Crippen LogP contribution in [0.15, 0.2) is 22.7 Å². The van der Waals surface area contributed by atoms with Gasteiger partial charge in [0.05, 0.1) is 13.2 Å². The van der Waals surface area contributed by atoms with Crippen molar-refractivity contribution in [2.45, 2.75) is 78.9 Å². The Kier molecular flexibility index (Phi) is 6.25. The number of carbonyl (C=O) groups is 2. The van der Waals surface area contributed by atoms with Gasteiger partial charge in [-0.25, -0.2) is 0 Å². The van der Waals surface area contributed by atoms with Gasteiger partial charge in [-0.15, -0.1) is 0 Å². The van der Waals surface area contributed by atoms with E-state index in [2.05, 4.69) is 0 Å². The molecule has 3 aliphatic rings. The zero-order valence-electron chi connectivity index (χ0n) is 18.0. The number of carbonyl (C=O) groups excluding carboxylic acids is 2. The molecule has 2 N–H and O–H groups in total. The molecule has 0 unspecified atom stereocenters. The summed E-state index contributed by atoms with van der Waals surface area (Å²) in [5.41, 5.74) is -0.0657. The molecular formula is C23H34O6. The van der Waals surface area contributed by atoms with Crippen LogP contribution in [-0.2, 0) is 19.1 Å². The first-order valence-electron chi connectivity index (χ1n) is 10.6. The Labute approximate surface area is 173 Å². The van der Waals surface area contributed by atoms with Crippen LogP contribution in [0.4, 0.5) is 0 Å². The van der Waals surface area contributed by atoms with Gasteiger partial charge >= 0.3 is 0 Å². The van der Waals surface area contributed by atoms with E-state index < -0.39 is 5.92 Å². The Morgan fingerprint density at radius 3 is 1.72 bits per heavy atom. The van der Waals surface area contributed by atoms with Gasteiger partial charge in [-0.2, -0.15) is 0 Å². The Morgan fingerprint density at radius 2 is 1.31 bits per heavy atom. The number of hydrogen-bond acceptors (Lipinski definition) is 6. The second-order valence-corrected chi connectivity index (χ2v) is 10.3. The molecule has 0 aromatic carbocycles. The largest absolute Gasteiger partial charge is 0.512 e. The Hall–Kier alpha value is -1.66. The van der Waals surface area contributed by atoms with Gasteiger partial charge in [0, 0.05) is 42.7 Å². The van der Waals surface area contributed by atoms with E-state index in [-0.39, 0.29) is 51.4 Å². The molecule has 1 fully saturated rings. The normalized spacial score (nSPS) is 25.8. The number of ether oxygens (including phenoxy) is 2. The maximum Gasteiger partial charge on any atom is 0.163 e. The third kappa shape index (κ3) is 5.10. The average molecular weight is 407 g/mol. The monoisotopic (exact) mass is 406 g/mol. The summed E-state index contributed by atoms with van der Waals surface area (Å²) in [6, 6.07) is 0. The molecule has 2 aliphatic carbocycles. The molecule has 0 radical (unpaired) electrons. The van der Waals surface area contributed by atoms with Gasteiger partial charge in [-0.05, 0) is 30.1 Å². The lowest BCUT2D eigenvalue weighted by Gasteiger charge is -2.37. The van der Waals surface area contributed by atoms with Crippen molar-refractivity contribution in [2.75, 3.05) is 13.2 Å². The first-order chi connectivity index (χ1) is 13.5. The van der Waals surface area contributed by atoms with Crippen LogP contribution in [-0.4, -0.2) is 41.3 Å². The summed E-state index contributed by atoms with van der Waals surface area (Å²) >= 11 is 0. The van der Waals surface area contributed by atoms with Gasteiger partial charge in [0.1, 0.15) is 11.5 Å². The van der Waals surface area contributed by atoms with Gasteiger partial charge in [0.15, 0.2) is 17.9 Å². The summed E-state index contributed by atoms with van der Waals surface area (Å²) in [7, 11) is 0. The smallest absolute Gasteiger partial charge is 0.163 e. The summed E-state index contributed by atoms with van der Waals surface area (Å²) in [4.78, 5) is 26.0. The molecule has 0 amide bonds. The maximum atomic E-state index is 13.0. The van der Waals surface area contributed by atoms with Crippen molar-refractivity contribution in [3.8, 4) is 0 Å². The van der Waals surface area contributed by atoms with Crippen molar-refractivity contribution < 1.29 is 29.3 Å². The van der Waals surface area contributed by atoms with Crippen LogP contribution in [0, 0.1) is 16.7 Å². The van der Waals surface area contributed by atoms with Gasteiger partial charge in [-0.1, -0.05) is 27.7 Å². The fourth-order valence-corrected chi connectivity index (χ4v) is 4.83. The van der Waals surface area contributed by atoms with Crippen molar-refractivity contribution >= 4 is 11.6 Å². The van der Waals surface area contributed by atoms with Crippen molar-refractivity contribution in [1.82, 2.24) is 0 Å². The van der Waals surface area contributed by atoms with Crippen LogP contribution in [0.1, 0.15) is 72.6 Å². The average Bonchev–Trinajstić information content (AvgIpc) is 2.56. The zero-order chi connectivity index (χ0) is 21.4. The minimum atomic E-state index is -0.628. The zero-order valence-corrected chi connectivity index (χ0v) is 18.0. The van der Waals surface area contributed by atoms with Crippen LogP contribution >= 0.6 is 0 Å². The molecule has 1 heterocycles. The van der Waals surface area contributed by atoms with Gasteiger partial charge in [-0.3, -0.25) is 9.59 Å². The van der Waals surface area contributed by atoms with Crippen molar-refractivity contribution in [1.29, 1.82) is 0 Å². The van der Waals surface area contributed by atoms with E-state index in [0.717, 1.165) is 6.42 Å². The molecular weight excluding hydrogens is 372 g/mol. The second kappa shape index (κ2) is 8.23. The molecule has 3 rings (SSSR count). The first-order valence-corrected chi connectivity index (χ1v) is 10.6. The second-order valence-electron chi connectivity index (χ2n) is 10.3. The lowest BCUT2D eigenvalue weighted by Crippen LogP contribution is -2.35. The molecule has 6 nitrogen and oxygen atoms in total. The van der Waals surface area contributed by atoms with E-state index in [1.54, 1.807) is 0 Å². The standard InChI is InChI=1S/C23H34O6/c1-22(2)10-15(24)20(16(25)11-22)14(6-7-19-28-8-5-9-29-19)21-17(26)12-23(3,4)13-18(21)27/h14,19,24,26H,5-13H2,1-4H3. The van der Waals surface area contributed by atoms with Crippen LogP contribution in [0.3, 0.4) is 0 Å². The first kappa shape index (κ1) is 22.0. The number of ketones is 2. The van der Waals surface area contributed by atoms with Gasteiger partial charge < -0.3 is 19.7 Å². The van der Waals surface area contributed by atoms with E-state index in [9.17, 15) is 19.8 Å². The highest BCUT2D eigenvalue weighted by Crippen LogP contribution is 2.45. The molecule has 6 heteroatoms. The quantitative estimate of drug-likeness (QED) is 0.696. The number of hydrogen-bond donors (Lipinski definition) is 2. The van der Waals surface area contributed by atoms with E-state index in [1.165, 1.54) is 0 Å². The molecule has 1 aliphatic heterocycles. The minimum Gasteiger partial charge on any atom is -0.512 e. The van der Waals surface area contributed by atoms with Crippen LogP contribution in [0.25, 0.3) is 0 Å². The Bertz CT molecular complexity index is 684. The van der Waals surface area contributed by atoms with E-state index in [4.69, 9.17) is 9.47 Å². The maximum absolute atomic E-state index is 13.0. The molecule has 0 aromatic rings. The lowest BCUT2D eigenvalue weighted by atomic mass is 9.67. The van der Waals surface area contributed by atoms with E-state index in [1.807, 2.05) is 27.7 Å². The predicted molar refractivity (Wildman–Crippen MR) is 108 cm³/mol. The molecule has 0 bridgehead atoms. The van der Waals surface area contributed by atoms with Crippen LogP contribution < -0.4 is 0 Å². The Morgan fingerprint density at radius 1 is 0.862 bits per heavy atom. The molecule has 0 saturated carbocycles. The van der Waals surface area contributed by atoms with Gasteiger partial charge in [0.25, 0.3) is 0 Å². The van der Waals surface area contributed by atoms with Crippen molar-refractivity contribution in [3.63, 3.8) is 0 Å². The van der Waals surface area contributed by atoms with Gasteiger partial charge in [0.2, 0.25) is 0 Å². The number of Topliss-reactive ketones (excluding diaryl/α,β-unsaturated/α-hetero) is 2. The summed E-state index contributed by atoms with van der Waals surface area (Å²) in [5.74, 6) is -0.838. The fraction of sp³-hybridized carbons (Fsp3) is 0.739. The SMILES string of the molecule is CC1(C)CC(=O)C(C(CCC2OCCCO2)C2=C(O)CC(C)(C)CC2=O)=C(O)C1. The highest BCUT2D eigenvalue weighted by atomic mass is 16.7. The topological polar surface area (TPSA) is 93.1 Å². The van der Waals surface area contributed by atoms with Crippen LogP contribution in [0.5, 0.6) is 0 Å². The molecule has 0 spiro atoms. The molecule has 162 valence electrons. The van der Waals surface area contributed by atoms with E-state index >= 15 is 0 Å². The number of allylic oxidation sites excluding steroid dienone is 4. The summed E-state index contributed by atoms with van der Waals surface area (Å²) in [5, 5.41) is 21.5. The number of aliphatic hydroxyl groups is 2. The summed E-state index contributed by atoms with van der Waals surface area (Å²) in [6.45, 7) is 9.03. The van der Waals surface area contributed by atoms with Crippen molar-refractivity contribution in [2.24, 2.45) is 16.7 Å². The summed E-state index contributed by atoms with van der Waals surface area (Å²) in [6.07, 6.45) is 2.75. The summed E-state index contributed by atoms with van der Waals surface area (Å²) < 4.78 is 11.3. The highest BCUT2D eigenvalue weighted by molar-refractivity contribution is 6.03. The third-order valence-electron chi connectivity index (χ3n) is 6.08. The van der Waals surface area contributed by atoms with Crippen molar-refractivity contribution in [3.05, 3.63) is 22.7 Å². The fourth-order valence-electron chi connectivity index (χ4n) is 4.83. The molecule has 1 saturated heterocycles. The lowest BCUT2D eigenvalue weighted by molar-refractivity contribution is -0.182. The highest BCUT2D eigenvalue weighted by Gasteiger charge is 2.43. The number of rotatable bonds is 5. The third-order valence-corrected chi connectivity index (χ3v) is 6.08.